The van der Waals surface area contributed by atoms with E-state index < -0.39 is 0 Å². The fourth-order valence-corrected chi connectivity index (χ4v) is 2.52. The Balaban J connectivity index is 1.93. The summed E-state index contributed by atoms with van der Waals surface area (Å²) in [6, 6.07) is 10.4. The summed E-state index contributed by atoms with van der Waals surface area (Å²) in [4.78, 5) is 12.2. The third-order valence-corrected chi connectivity index (χ3v) is 3.95. The van der Waals surface area contributed by atoms with Gasteiger partial charge in [0.1, 0.15) is 0 Å². The van der Waals surface area contributed by atoms with E-state index in [9.17, 15) is 4.79 Å². The van der Waals surface area contributed by atoms with Crippen LogP contribution in [0.25, 0.3) is 0 Å². The van der Waals surface area contributed by atoms with Crippen LogP contribution in [0.5, 0.6) is 0 Å². The third kappa shape index (κ3) is 3.80. The smallest absolute Gasteiger partial charge is 0.221 e. The topological polar surface area (TPSA) is 55.1 Å². The van der Waals surface area contributed by atoms with Crippen LogP contribution in [0.4, 0.5) is 0 Å². The lowest BCUT2D eigenvalue weighted by atomic mass is 9.81. The van der Waals surface area contributed by atoms with E-state index in [1.807, 2.05) is 18.2 Å². The predicted molar refractivity (Wildman–Crippen MR) is 77.8 cm³/mol. The number of hydrogen-bond donors (Lipinski definition) is 2. The Bertz CT molecular complexity index is 424. The van der Waals surface area contributed by atoms with Crippen LogP contribution >= 0.6 is 0 Å². The molecule has 2 rings (SSSR count). The molecule has 0 aromatic heterocycles. The van der Waals surface area contributed by atoms with Gasteiger partial charge in [-0.05, 0) is 29.7 Å². The van der Waals surface area contributed by atoms with Gasteiger partial charge in [0.15, 0.2) is 0 Å². The second-order valence-electron chi connectivity index (χ2n) is 6.17. The van der Waals surface area contributed by atoms with Crippen LogP contribution in [-0.4, -0.2) is 18.5 Å². The van der Waals surface area contributed by atoms with Crippen LogP contribution < -0.4 is 11.1 Å². The maximum Gasteiger partial charge on any atom is 0.221 e. The SMILES string of the molecule is CC(C)(CC(=O)NC(CN)C1CC1)c1ccccc1. The average molecular weight is 260 g/mol. The minimum Gasteiger partial charge on any atom is -0.352 e. The van der Waals surface area contributed by atoms with E-state index in [-0.39, 0.29) is 17.4 Å². The van der Waals surface area contributed by atoms with Gasteiger partial charge < -0.3 is 11.1 Å². The van der Waals surface area contributed by atoms with E-state index in [0.717, 1.165) is 0 Å². The lowest BCUT2D eigenvalue weighted by Gasteiger charge is -2.26. The molecule has 1 aliphatic carbocycles. The molecule has 0 spiro atoms. The number of amides is 1. The van der Waals surface area contributed by atoms with Crippen molar-refractivity contribution in [3.63, 3.8) is 0 Å². The van der Waals surface area contributed by atoms with Crippen LogP contribution in [0.15, 0.2) is 30.3 Å². The lowest BCUT2D eigenvalue weighted by molar-refractivity contribution is -0.122. The number of hydrogen-bond acceptors (Lipinski definition) is 2. The lowest BCUT2D eigenvalue weighted by Crippen LogP contribution is -2.43. The molecule has 1 fully saturated rings. The predicted octanol–water partition coefficient (Wildman–Crippen LogP) is 2.21. The quantitative estimate of drug-likeness (QED) is 0.824. The number of nitrogens with two attached hydrogens (primary N) is 1. The zero-order chi connectivity index (χ0) is 13.9. The number of carbonyl (C=O) groups excluding carboxylic acids is 1. The van der Waals surface area contributed by atoms with E-state index in [1.165, 1.54) is 18.4 Å². The Morgan fingerprint density at radius 1 is 1.37 bits per heavy atom. The van der Waals surface area contributed by atoms with E-state index in [0.29, 0.717) is 18.9 Å². The van der Waals surface area contributed by atoms with Crippen LogP contribution in [0.1, 0.15) is 38.7 Å². The highest BCUT2D eigenvalue weighted by atomic mass is 16.1. The van der Waals surface area contributed by atoms with Crippen LogP contribution in [0.2, 0.25) is 0 Å². The molecule has 1 saturated carbocycles. The number of carbonyl (C=O) groups is 1. The van der Waals surface area contributed by atoms with E-state index in [4.69, 9.17) is 5.73 Å². The van der Waals surface area contributed by atoms with Gasteiger partial charge in [0.2, 0.25) is 5.91 Å². The van der Waals surface area contributed by atoms with E-state index in [2.05, 4.69) is 31.3 Å². The molecule has 0 bridgehead atoms. The van der Waals surface area contributed by atoms with Gasteiger partial charge in [0.25, 0.3) is 0 Å². The Morgan fingerprint density at radius 2 is 2.00 bits per heavy atom. The molecular weight excluding hydrogens is 236 g/mol. The first-order valence-corrected chi connectivity index (χ1v) is 7.08. The summed E-state index contributed by atoms with van der Waals surface area (Å²) in [5.74, 6) is 0.713. The third-order valence-electron chi connectivity index (χ3n) is 3.95. The monoisotopic (exact) mass is 260 g/mol. The Hall–Kier alpha value is -1.35. The Labute approximate surface area is 115 Å². The second kappa shape index (κ2) is 5.74. The molecule has 104 valence electrons. The van der Waals surface area contributed by atoms with Crippen molar-refractivity contribution in [1.29, 1.82) is 0 Å². The first kappa shape index (κ1) is 14.1. The van der Waals surface area contributed by atoms with Gasteiger partial charge in [-0.1, -0.05) is 44.2 Å². The average Bonchev–Trinajstić information content (AvgIpc) is 3.21. The first-order valence-electron chi connectivity index (χ1n) is 7.08. The Kier molecular flexibility index (Phi) is 4.25. The molecule has 1 aliphatic rings. The first-order chi connectivity index (χ1) is 9.03. The summed E-state index contributed by atoms with van der Waals surface area (Å²) in [5.41, 5.74) is 6.77. The molecule has 1 amide bonds. The van der Waals surface area contributed by atoms with Gasteiger partial charge in [-0.2, -0.15) is 0 Å². The maximum atomic E-state index is 12.2. The van der Waals surface area contributed by atoms with Crippen molar-refractivity contribution in [2.45, 2.75) is 44.6 Å². The van der Waals surface area contributed by atoms with Crippen LogP contribution in [0.3, 0.4) is 0 Å². The molecule has 3 N–H and O–H groups in total. The van der Waals surface area contributed by atoms with Crippen molar-refractivity contribution in [3.05, 3.63) is 35.9 Å². The standard InChI is InChI=1S/C16H24N2O/c1-16(2,13-6-4-3-5-7-13)10-15(19)18-14(11-17)12-8-9-12/h3-7,12,14H,8-11,17H2,1-2H3,(H,18,19). The molecule has 3 heteroatoms. The summed E-state index contributed by atoms with van der Waals surface area (Å²) in [6.07, 6.45) is 2.90. The van der Waals surface area contributed by atoms with E-state index in [1.54, 1.807) is 0 Å². The Morgan fingerprint density at radius 3 is 2.53 bits per heavy atom. The van der Waals surface area contributed by atoms with Crippen molar-refractivity contribution in [3.8, 4) is 0 Å². The van der Waals surface area contributed by atoms with Gasteiger partial charge in [0, 0.05) is 19.0 Å². The zero-order valence-corrected chi connectivity index (χ0v) is 11.9. The normalized spacial score (nSPS) is 17.0. The fourth-order valence-electron chi connectivity index (χ4n) is 2.52. The summed E-state index contributed by atoms with van der Waals surface area (Å²) in [5, 5.41) is 3.09. The summed E-state index contributed by atoms with van der Waals surface area (Å²) < 4.78 is 0. The highest BCUT2D eigenvalue weighted by Crippen LogP contribution is 2.32. The minimum absolute atomic E-state index is 0.108. The summed E-state index contributed by atoms with van der Waals surface area (Å²) in [6.45, 7) is 4.76. The molecule has 0 aliphatic heterocycles. The largest absolute Gasteiger partial charge is 0.352 e. The highest BCUT2D eigenvalue weighted by Gasteiger charge is 2.32. The number of benzene rings is 1. The van der Waals surface area contributed by atoms with Gasteiger partial charge in [-0.15, -0.1) is 0 Å². The fraction of sp³-hybridized carbons (Fsp3) is 0.562. The van der Waals surface area contributed by atoms with Crippen LogP contribution in [0, 0.1) is 5.92 Å². The van der Waals surface area contributed by atoms with Crippen molar-refractivity contribution < 1.29 is 4.79 Å². The van der Waals surface area contributed by atoms with Crippen molar-refractivity contribution in [2.75, 3.05) is 6.54 Å². The van der Waals surface area contributed by atoms with Crippen molar-refractivity contribution in [1.82, 2.24) is 5.32 Å². The summed E-state index contributed by atoms with van der Waals surface area (Å²) in [7, 11) is 0. The molecule has 1 aromatic carbocycles. The molecule has 1 unspecified atom stereocenters. The molecule has 3 nitrogen and oxygen atoms in total. The molecule has 0 heterocycles. The zero-order valence-electron chi connectivity index (χ0n) is 11.9. The second-order valence-corrected chi connectivity index (χ2v) is 6.17. The molecule has 0 saturated heterocycles. The maximum absolute atomic E-state index is 12.2. The van der Waals surface area contributed by atoms with Crippen LogP contribution in [-0.2, 0) is 10.2 Å². The highest BCUT2D eigenvalue weighted by molar-refractivity contribution is 5.78. The van der Waals surface area contributed by atoms with Crippen molar-refractivity contribution >= 4 is 5.91 Å². The molecular formula is C16H24N2O. The van der Waals surface area contributed by atoms with Gasteiger partial charge in [-0.25, -0.2) is 0 Å². The summed E-state index contributed by atoms with van der Waals surface area (Å²) >= 11 is 0. The minimum atomic E-state index is -0.145. The van der Waals surface area contributed by atoms with Gasteiger partial charge in [0.05, 0.1) is 0 Å². The number of nitrogens with one attached hydrogen (secondary N) is 1. The number of rotatable bonds is 6. The van der Waals surface area contributed by atoms with E-state index >= 15 is 0 Å². The van der Waals surface area contributed by atoms with Gasteiger partial charge >= 0.3 is 0 Å². The van der Waals surface area contributed by atoms with Crippen molar-refractivity contribution in [2.24, 2.45) is 11.7 Å². The molecule has 19 heavy (non-hydrogen) atoms. The molecule has 0 radical (unpaired) electrons. The van der Waals surface area contributed by atoms with Gasteiger partial charge in [-0.3, -0.25) is 4.79 Å². The molecule has 1 atom stereocenters. The molecule has 1 aromatic rings.